The molecule has 0 aliphatic carbocycles. The number of hydrogen-bond donors (Lipinski definition) is 2. The predicted molar refractivity (Wildman–Crippen MR) is 108 cm³/mol. The lowest BCUT2D eigenvalue weighted by Crippen LogP contribution is -2.35. The van der Waals surface area contributed by atoms with Crippen LogP contribution in [0.15, 0.2) is 42.5 Å². The molecule has 3 rings (SSSR count). The first-order valence-corrected chi connectivity index (χ1v) is 9.49. The summed E-state index contributed by atoms with van der Waals surface area (Å²) in [5, 5.41) is 22.9. The fourth-order valence-corrected chi connectivity index (χ4v) is 3.39. The number of carbonyl (C=O) groups is 2. The van der Waals surface area contributed by atoms with E-state index in [2.05, 4.69) is 17.1 Å². The van der Waals surface area contributed by atoms with E-state index in [9.17, 15) is 19.7 Å². The molecule has 1 saturated heterocycles. The van der Waals surface area contributed by atoms with E-state index in [1.807, 2.05) is 0 Å². The molecule has 0 spiro atoms. The van der Waals surface area contributed by atoms with Crippen molar-refractivity contribution in [1.82, 2.24) is 5.32 Å². The second-order valence-corrected chi connectivity index (χ2v) is 7.31. The summed E-state index contributed by atoms with van der Waals surface area (Å²) < 4.78 is 0. The molecule has 2 aromatic rings. The highest BCUT2D eigenvalue weighted by Gasteiger charge is 2.23. The number of rotatable bonds is 6. The molecule has 152 valence electrons. The Kier molecular flexibility index (Phi) is 6.11. The Hall–Kier alpha value is -3.42. The third-order valence-electron chi connectivity index (χ3n) is 5.21. The quantitative estimate of drug-likeness (QED) is 0.570. The molecule has 2 N–H and O–H groups in total. The summed E-state index contributed by atoms with van der Waals surface area (Å²) >= 11 is 0. The van der Waals surface area contributed by atoms with Crippen molar-refractivity contribution in [3.05, 3.63) is 69.3 Å². The van der Waals surface area contributed by atoms with Crippen molar-refractivity contribution >= 4 is 23.3 Å². The van der Waals surface area contributed by atoms with Gasteiger partial charge in [0.2, 0.25) is 0 Å². The Morgan fingerprint density at radius 2 is 1.83 bits per heavy atom. The molecule has 8 nitrogen and oxygen atoms in total. The van der Waals surface area contributed by atoms with E-state index in [0.29, 0.717) is 11.6 Å². The molecule has 0 atom stereocenters. The first-order chi connectivity index (χ1) is 13.8. The fourth-order valence-electron chi connectivity index (χ4n) is 3.39. The number of carboxylic acid groups (broad SMARTS) is 1. The summed E-state index contributed by atoms with van der Waals surface area (Å²) in [6.07, 6.45) is 2.02. The lowest BCUT2D eigenvalue weighted by atomic mass is 9.98. The minimum Gasteiger partial charge on any atom is -0.478 e. The van der Waals surface area contributed by atoms with E-state index >= 15 is 0 Å². The normalized spacial score (nSPS) is 14.4. The summed E-state index contributed by atoms with van der Waals surface area (Å²) in [7, 11) is 0. The molecule has 0 aromatic heterocycles. The van der Waals surface area contributed by atoms with Gasteiger partial charge in [0.15, 0.2) is 0 Å². The maximum atomic E-state index is 12.8. The van der Waals surface area contributed by atoms with Crippen molar-refractivity contribution in [2.24, 2.45) is 5.92 Å². The number of hydrogen-bond acceptors (Lipinski definition) is 5. The van der Waals surface area contributed by atoms with E-state index in [-0.39, 0.29) is 23.4 Å². The third kappa shape index (κ3) is 4.90. The van der Waals surface area contributed by atoms with Crippen LogP contribution in [0.5, 0.6) is 0 Å². The van der Waals surface area contributed by atoms with Gasteiger partial charge in [-0.1, -0.05) is 19.1 Å². The minimum atomic E-state index is -1.02. The number of non-ortho nitro benzene ring substituents is 1. The smallest absolute Gasteiger partial charge is 0.335 e. The average molecular weight is 397 g/mol. The largest absolute Gasteiger partial charge is 0.478 e. The highest BCUT2D eigenvalue weighted by Crippen LogP contribution is 2.29. The second-order valence-electron chi connectivity index (χ2n) is 7.31. The maximum absolute atomic E-state index is 12.8. The van der Waals surface area contributed by atoms with E-state index in [1.54, 1.807) is 18.2 Å². The van der Waals surface area contributed by atoms with Gasteiger partial charge in [-0.15, -0.1) is 0 Å². The SMILES string of the molecule is CC1CCN(c2ccc([N+](=O)[O-])cc2C(=O)NCc2ccc(C(=O)O)cc2)CC1. The fraction of sp³-hybridized carbons (Fsp3) is 0.333. The molecule has 1 heterocycles. The number of piperidine rings is 1. The van der Waals surface area contributed by atoms with Gasteiger partial charge in [0.25, 0.3) is 11.6 Å². The van der Waals surface area contributed by atoms with Crippen LogP contribution in [0.25, 0.3) is 0 Å². The molecule has 1 aliphatic heterocycles. The number of nitro groups is 1. The molecule has 0 unspecified atom stereocenters. The molecule has 2 aromatic carbocycles. The van der Waals surface area contributed by atoms with Crippen LogP contribution in [0.2, 0.25) is 0 Å². The Morgan fingerprint density at radius 1 is 1.17 bits per heavy atom. The number of benzene rings is 2. The molecular formula is C21H23N3O5. The van der Waals surface area contributed by atoms with Gasteiger partial charge in [-0.2, -0.15) is 0 Å². The van der Waals surface area contributed by atoms with Crippen LogP contribution in [0.1, 0.15) is 46.0 Å². The molecule has 29 heavy (non-hydrogen) atoms. The van der Waals surface area contributed by atoms with Crippen LogP contribution in [-0.2, 0) is 6.54 Å². The number of nitrogens with one attached hydrogen (secondary N) is 1. The van der Waals surface area contributed by atoms with E-state index < -0.39 is 16.8 Å². The molecule has 0 radical (unpaired) electrons. The van der Waals surface area contributed by atoms with Gasteiger partial charge in [-0.25, -0.2) is 4.79 Å². The number of amides is 1. The zero-order chi connectivity index (χ0) is 21.0. The first-order valence-electron chi connectivity index (χ1n) is 9.49. The highest BCUT2D eigenvalue weighted by atomic mass is 16.6. The molecule has 0 saturated carbocycles. The zero-order valence-corrected chi connectivity index (χ0v) is 16.1. The van der Waals surface area contributed by atoms with Gasteiger partial charge in [0.1, 0.15) is 0 Å². The number of aromatic carboxylic acids is 1. The monoisotopic (exact) mass is 397 g/mol. The lowest BCUT2D eigenvalue weighted by molar-refractivity contribution is -0.384. The first kappa shape index (κ1) is 20.3. The summed E-state index contributed by atoms with van der Waals surface area (Å²) in [5.41, 5.74) is 1.75. The number of anilines is 1. The summed E-state index contributed by atoms with van der Waals surface area (Å²) in [6, 6.07) is 10.6. The molecular weight excluding hydrogens is 374 g/mol. The van der Waals surface area contributed by atoms with Crippen LogP contribution >= 0.6 is 0 Å². The van der Waals surface area contributed by atoms with Crippen molar-refractivity contribution in [1.29, 1.82) is 0 Å². The van der Waals surface area contributed by atoms with Crippen molar-refractivity contribution in [2.45, 2.75) is 26.3 Å². The molecule has 8 heteroatoms. The molecule has 0 bridgehead atoms. The Bertz CT molecular complexity index is 918. The Labute approximate surface area is 168 Å². The second kappa shape index (κ2) is 8.72. The van der Waals surface area contributed by atoms with E-state index in [0.717, 1.165) is 31.5 Å². The maximum Gasteiger partial charge on any atom is 0.335 e. The Balaban J connectivity index is 1.79. The zero-order valence-electron chi connectivity index (χ0n) is 16.1. The van der Waals surface area contributed by atoms with Crippen LogP contribution in [0.4, 0.5) is 11.4 Å². The topological polar surface area (TPSA) is 113 Å². The van der Waals surface area contributed by atoms with Crippen LogP contribution in [-0.4, -0.2) is 35.0 Å². The number of carbonyl (C=O) groups excluding carboxylic acids is 1. The third-order valence-corrected chi connectivity index (χ3v) is 5.21. The number of carboxylic acids is 1. The van der Waals surface area contributed by atoms with E-state index in [1.165, 1.54) is 24.3 Å². The number of nitrogens with zero attached hydrogens (tertiary/aromatic N) is 2. The van der Waals surface area contributed by atoms with Gasteiger partial charge in [-0.3, -0.25) is 14.9 Å². The minimum absolute atomic E-state index is 0.130. The van der Waals surface area contributed by atoms with Gasteiger partial charge < -0.3 is 15.3 Å². The van der Waals surface area contributed by atoms with Gasteiger partial charge >= 0.3 is 5.97 Å². The van der Waals surface area contributed by atoms with Crippen molar-refractivity contribution in [3.63, 3.8) is 0 Å². The van der Waals surface area contributed by atoms with Crippen molar-refractivity contribution in [3.8, 4) is 0 Å². The predicted octanol–water partition coefficient (Wildman–Crippen LogP) is 3.46. The van der Waals surface area contributed by atoms with Crippen molar-refractivity contribution < 1.29 is 19.6 Å². The van der Waals surface area contributed by atoms with Crippen LogP contribution < -0.4 is 10.2 Å². The summed E-state index contributed by atoms with van der Waals surface area (Å²) in [4.78, 5) is 36.5. The lowest BCUT2D eigenvalue weighted by Gasteiger charge is -2.33. The van der Waals surface area contributed by atoms with Gasteiger partial charge in [0, 0.05) is 31.8 Å². The van der Waals surface area contributed by atoms with Gasteiger partial charge in [-0.05, 0) is 42.5 Å². The Morgan fingerprint density at radius 3 is 2.41 bits per heavy atom. The van der Waals surface area contributed by atoms with E-state index in [4.69, 9.17) is 5.11 Å². The van der Waals surface area contributed by atoms with Crippen LogP contribution in [0.3, 0.4) is 0 Å². The van der Waals surface area contributed by atoms with Crippen LogP contribution in [0, 0.1) is 16.0 Å². The number of nitro benzene ring substituents is 1. The standard InChI is InChI=1S/C21H23N3O5/c1-14-8-10-23(11-9-14)19-7-6-17(24(28)29)12-18(19)20(25)22-13-15-2-4-16(5-3-15)21(26)27/h2-7,12,14H,8-11,13H2,1H3,(H,22,25)(H,26,27). The molecule has 1 aliphatic rings. The highest BCUT2D eigenvalue weighted by molar-refractivity contribution is 6.00. The average Bonchev–Trinajstić information content (AvgIpc) is 2.72. The molecule has 1 fully saturated rings. The van der Waals surface area contributed by atoms with Gasteiger partial charge in [0.05, 0.1) is 21.7 Å². The summed E-state index contributed by atoms with van der Waals surface area (Å²) in [5.74, 6) is -0.794. The van der Waals surface area contributed by atoms with Crippen molar-refractivity contribution in [2.75, 3.05) is 18.0 Å². The molecule has 1 amide bonds. The summed E-state index contributed by atoms with van der Waals surface area (Å²) in [6.45, 7) is 3.99.